The van der Waals surface area contributed by atoms with Crippen molar-refractivity contribution < 1.29 is 5.11 Å². The van der Waals surface area contributed by atoms with Crippen molar-refractivity contribution in [3.05, 3.63) is 23.3 Å². The molecule has 12 heavy (non-hydrogen) atoms. The van der Waals surface area contributed by atoms with Gasteiger partial charge in [-0.05, 0) is 24.8 Å². The molecule has 0 bridgehead atoms. The Kier molecular flexibility index (Phi) is 2.04. The molecule has 0 atom stereocenters. The molecule has 1 heterocycles. The summed E-state index contributed by atoms with van der Waals surface area (Å²) in [6.45, 7) is 0.138. The first-order valence-corrected chi connectivity index (χ1v) is 4.34. The van der Waals surface area contributed by atoms with E-state index in [1.54, 1.807) is 0 Å². The molecule has 1 aliphatic carbocycles. The van der Waals surface area contributed by atoms with Gasteiger partial charge in [0.25, 0.3) is 0 Å². The van der Waals surface area contributed by atoms with Gasteiger partial charge in [-0.25, -0.2) is 9.97 Å². The molecule has 0 saturated carbocycles. The van der Waals surface area contributed by atoms with Gasteiger partial charge in [0.05, 0.1) is 6.61 Å². The Morgan fingerprint density at radius 3 is 3.17 bits per heavy atom. The largest absolute Gasteiger partial charge is 0.396 e. The molecule has 1 aromatic heterocycles. The van der Waals surface area contributed by atoms with Crippen LogP contribution in [0, 0.1) is 0 Å². The van der Waals surface area contributed by atoms with Crippen LogP contribution >= 0.6 is 0 Å². The molecule has 0 spiro atoms. The number of hydrogen-bond acceptors (Lipinski definition) is 3. The second kappa shape index (κ2) is 3.19. The average molecular weight is 164 g/mol. The molecule has 64 valence electrons. The highest BCUT2D eigenvalue weighted by Gasteiger charge is 2.12. The lowest BCUT2D eigenvalue weighted by atomic mass is 10.2. The predicted molar refractivity (Wildman–Crippen MR) is 44.8 cm³/mol. The monoisotopic (exact) mass is 164 g/mol. The molecular weight excluding hydrogens is 152 g/mol. The summed E-state index contributed by atoms with van der Waals surface area (Å²) < 4.78 is 0. The summed E-state index contributed by atoms with van der Waals surface area (Å²) in [5.74, 6) is 0.776. The summed E-state index contributed by atoms with van der Waals surface area (Å²) in [4.78, 5) is 8.54. The molecule has 3 nitrogen and oxygen atoms in total. The van der Waals surface area contributed by atoms with E-state index in [4.69, 9.17) is 5.11 Å². The minimum atomic E-state index is 0.138. The second-order valence-corrected chi connectivity index (χ2v) is 3.09. The first-order chi connectivity index (χ1) is 5.90. The maximum absolute atomic E-state index is 8.69. The number of fused-ring (bicyclic) bond motifs is 1. The molecule has 1 N–H and O–H groups in total. The summed E-state index contributed by atoms with van der Waals surface area (Å²) >= 11 is 0. The Hall–Kier alpha value is -0.960. The van der Waals surface area contributed by atoms with E-state index < -0.39 is 0 Å². The molecule has 0 unspecified atom stereocenters. The molecular formula is C9H12N2O. The van der Waals surface area contributed by atoms with E-state index in [2.05, 4.69) is 9.97 Å². The van der Waals surface area contributed by atoms with Gasteiger partial charge in [-0.1, -0.05) is 0 Å². The number of nitrogens with zero attached hydrogens (tertiary/aromatic N) is 2. The zero-order chi connectivity index (χ0) is 8.39. The number of rotatable bonds is 2. The molecule has 0 fully saturated rings. The predicted octanol–water partition coefficient (Wildman–Crippen LogP) is 0.500. The topological polar surface area (TPSA) is 46.0 Å². The van der Waals surface area contributed by atoms with Gasteiger partial charge in [0.15, 0.2) is 0 Å². The van der Waals surface area contributed by atoms with Gasteiger partial charge in [-0.15, -0.1) is 0 Å². The normalized spacial score (nSPS) is 14.8. The molecule has 0 saturated heterocycles. The molecule has 3 heteroatoms. The van der Waals surface area contributed by atoms with Crippen molar-refractivity contribution in [3.8, 4) is 0 Å². The van der Waals surface area contributed by atoms with E-state index in [1.807, 2.05) is 6.20 Å². The van der Waals surface area contributed by atoms with Gasteiger partial charge < -0.3 is 5.11 Å². The van der Waals surface area contributed by atoms with Crippen LogP contribution in [0.1, 0.15) is 23.5 Å². The second-order valence-electron chi connectivity index (χ2n) is 3.09. The maximum atomic E-state index is 8.69. The maximum Gasteiger partial charge on any atom is 0.130 e. The third-order valence-electron chi connectivity index (χ3n) is 2.20. The standard InChI is InChI=1S/C9H12N2O/c12-5-4-9-10-6-7-2-1-3-8(7)11-9/h6,12H,1-5H2. The minimum absolute atomic E-state index is 0.138. The Labute approximate surface area is 71.5 Å². The highest BCUT2D eigenvalue weighted by atomic mass is 16.3. The van der Waals surface area contributed by atoms with Crippen molar-refractivity contribution in [3.63, 3.8) is 0 Å². The van der Waals surface area contributed by atoms with Crippen LogP contribution in [0.4, 0.5) is 0 Å². The fraction of sp³-hybridized carbons (Fsp3) is 0.556. The summed E-state index contributed by atoms with van der Waals surface area (Å²) in [6.07, 6.45) is 5.88. The van der Waals surface area contributed by atoms with Crippen molar-refractivity contribution >= 4 is 0 Å². The molecule has 0 radical (unpaired) electrons. The van der Waals surface area contributed by atoms with E-state index >= 15 is 0 Å². The number of aliphatic hydroxyl groups is 1. The summed E-state index contributed by atoms with van der Waals surface area (Å²) in [6, 6.07) is 0. The lowest BCUT2D eigenvalue weighted by molar-refractivity contribution is 0.296. The van der Waals surface area contributed by atoms with Gasteiger partial charge >= 0.3 is 0 Å². The Morgan fingerprint density at radius 2 is 2.33 bits per heavy atom. The third kappa shape index (κ3) is 1.32. The highest BCUT2D eigenvalue weighted by Crippen LogP contribution is 2.18. The lowest BCUT2D eigenvalue weighted by Gasteiger charge is -2.00. The van der Waals surface area contributed by atoms with Crippen LogP contribution in [0.5, 0.6) is 0 Å². The summed E-state index contributed by atoms with van der Waals surface area (Å²) in [5, 5.41) is 8.69. The van der Waals surface area contributed by atoms with E-state index in [9.17, 15) is 0 Å². The van der Waals surface area contributed by atoms with E-state index in [0.29, 0.717) is 6.42 Å². The number of hydrogen-bond donors (Lipinski definition) is 1. The Bertz CT molecular complexity index is 286. The van der Waals surface area contributed by atoms with Crippen LogP contribution in [-0.4, -0.2) is 21.7 Å². The third-order valence-corrected chi connectivity index (χ3v) is 2.20. The van der Waals surface area contributed by atoms with Crippen molar-refractivity contribution in [2.45, 2.75) is 25.7 Å². The number of aromatic nitrogens is 2. The SMILES string of the molecule is OCCc1ncc2c(n1)CCC2. The van der Waals surface area contributed by atoms with Gasteiger partial charge in [0.1, 0.15) is 5.82 Å². The van der Waals surface area contributed by atoms with Gasteiger partial charge in [-0.3, -0.25) is 0 Å². The Morgan fingerprint density at radius 1 is 1.42 bits per heavy atom. The van der Waals surface area contributed by atoms with Crippen molar-refractivity contribution in [1.29, 1.82) is 0 Å². The zero-order valence-corrected chi connectivity index (χ0v) is 6.95. The summed E-state index contributed by atoms with van der Waals surface area (Å²) in [7, 11) is 0. The molecule has 0 amide bonds. The van der Waals surface area contributed by atoms with Crippen molar-refractivity contribution in [1.82, 2.24) is 9.97 Å². The van der Waals surface area contributed by atoms with Crippen LogP contribution < -0.4 is 0 Å². The van der Waals surface area contributed by atoms with Crippen LogP contribution in [0.15, 0.2) is 6.20 Å². The smallest absolute Gasteiger partial charge is 0.130 e. The average Bonchev–Trinajstić information content (AvgIpc) is 2.51. The fourth-order valence-corrected chi connectivity index (χ4v) is 1.58. The Balaban J connectivity index is 2.26. The first kappa shape index (κ1) is 7.68. The van der Waals surface area contributed by atoms with Gasteiger partial charge in [0, 0.05) is 18.3 Å². The molecule has 0 aliphatic heterocycles. The molecule has 1 aliphatic rings. The van der Waals surface area contributed by atoms with E-state index in [-0.39, 0.29) is 6.61 Å². The van der Waals surface area contributed by atoms with Crippen LogP contribution in [0.25, 0.3) is 0 Å². The summed E-state index contributed by atoms with van der Waals surface area (Å²) in [5.41, 5.74) is 2.48. The zero-order valence-electron chi connectivity index (χ0n) is 6.95. The van der Waals surface area contributed by atoms with Crippen molar-refractivity contribution in [2.24, 2.45) is 0 Å². The molecule has 2 rings (SSSR count). The molecule has 0 aromatic carbocycles. The van der Waals surface area contributed by atoms with E-state index in [1.165, 1.54) is 17.7 Å². The fourth-order valence-electron chi connectivity index (χ4n) is 1.58. The van der Waals surface area contributed by atoms with Crippen molar-refractivity contribution in [2.75, 3.05) is 6.61 Å². The van der Waals surface area contributed by atoms with Crippen LogP contribution in [0.3, 0.4) is 0 Å². The number of aliphatic hydroxyl groups excluding tert-OH is 1. The lowest BCUT2D eigenvalue weighted by Crippen LogP contribution is -2.01. The van der Waals surface area contributed by atoms with Gasteiger partial charge in [0.2, 0.25) is 0 Å². The quantitative estimate of drug-likeness (QED) is 0.692. The molecule has 1 aromatic rings. The number of aryl methyl sites for hydroxylation is 2. The van der Waals surface area contributed by atoms with Crippen LogP contribution in [0.2, 0.25) is 0 Å². The van der Waals surface area contributed by atoms with E-state index in [0.717, 1.165) is 18.7 Å². The first-order valence-electron chi connectivity index (χ1n) is 4.34. The van der Waals surface area contributed by atoms with Gasteiger partial charge in [-0.2, -0.15) is 0 Å². The highest BCUT2D eigenvalue weighted by molar-refractivity contribution is 5.22. The minimum Gasteiger partial charge on any atom is -0.396 e. The van der Waals surface area contributed by atoms with Crippen LogP contribution in [-0.2, 0) is 19.3 Å².